The Bertz CT molecular complexity index is 1070. The fourth-order valence-corrected chi connectivity index (χ4v) is 3.16. The van der Waals surface area contributed by atoms with E-state index in [9.17, 15) is 5.11 Å². The summed E-state index contributed by atoms with van der Waals surface area (Å²) in [5.41, 5.74) is 7.88. The molecule has 10 nitrogen and oxygen atoms in total. The first-order valence-corrected chi connectivity index (χ1v) is 8.02. The number of aromatic nitrogens is 7. The first kappa shape index (κ1) is 14.8. The van der Waals surface area contributed by atoms with Gasteiger partial charge in [0.1, 0.15) is 11.9 Å². The van der Waals surface area contributed by atoms with Crippen molar-refractivity contribution in [3.05, 3.63) is 48.8 Å². The number of hydrogen-bond acceptors (Lipinski definition) is 8. The minimum Gasteiger partial charge on any atom is -0.382 e. The van der Waals surface area contributed by atoms with Crippen LogP contribution in [-0.2, 0) is 5.60 Å². The van der Waals surface area contributed by atoms with Crippen molar-refractivity contribution >= 4 is 22.9 Å². The molecule has 0 aromatic carbocycles. The van der Waals surface area contributed by atoms with Crippen LogP contribution in [0.2, 0.25) is 0 Å². The van der Waals surface area contributed by atoms with E-state index in [-0.39, 0.29) is 0 Å². The summed E-state index contributed by atoms with van der Waals surface area (Å²) in [6.45, 7) is 0.724. The molecule has 4 aromatic heterocycles. The van der Waals surface area contributed by atoms with E-state index in [0.29, 0.717) is 36.0 Å². The van der Waals surface area contributed by atoms with Crippen molar-refractivity contribution in [1.82, 2.24) is 34.7 Å². The molecule has 0 bridgehead atoms. The van der Waals surface area contributed by atoms with Gasteiger partial charge in [-0.15, -0.1) is 0 Å². The van der Waals surface area contributed by atoms with Crippen LogP contribution in [0.1, 0.15) is 5.56 Å². The molecular formula is C16H15N9O. The standard InChI is InChI=1S/C16H15N9O/c17-13-12-14(25(9-19-12)11-1-3-18-4-2-11)23-15(22-13)24-7-16(26,8-24)10-5-20-21-6-10/h1-6,9,26H,7-8H2,(H,20,21)(H2,17,22,23). The highest BCUT2D eigenvalue weighted by Gasteiger charge is 2.44. The van der Waals surface area contributed by atoms with Crippen LogP contribution in [0.3, 0.4) is 0 Å². The number of nitrogens with two attached hydrogens (primary N) is 1. The van der Waals surface area contributed by atoms with E-state index in [4.69, 9.17) is 5.73 Å². The normalized spacial score (nSPS) is 16.0. The molecule has 1 fully saturated rings. The minimum atomic E-state index is -0.967. The van der Waals surface area contributed by atoms with Crippen molar-refractivity contribution < 1.29 is 5.11 Å². The van der Waals surface area contributed by atoms with Crippen LogP contribution in [0.5, 0.6) is 0 Å². The molecule has 1 aliphatic rings. The van der Waals surface area contributed by atoms with Crippen molar-refractivity contribution in [2.45, 2.75) is 5.60 Å². The number of rotatable bonds is 3. The molecule has 5 heterocycles. The second kappa shape index (κ2) is 5.23. The molecule has 5 rings (SSSR count). The van der Waals surface area contributed by atoms with Gasteiger partial charge in [-0.2, -0.15) is 15.1 Å². The molecular weight excluding hydrogens is 334 g/mol. The van der Waals surface area contributed by atoms with E-state index < -0.39 is 5.60 Å². The number of imidazole rings is 1. The molecule has 4 aromatic rings. The van der Waals surface area contributed by atoms with Crippen LogP contribution >= 0.6 is 0 Å². The largest absolute Gasteiger partial charge is 0.382 e. The molecule has 0 unspecified atom stereocenters. The number of nitrogen functional groups attached to an aromatic ring is 1. The summed E-state index contributed by atoms with van der Waals surface area (Å²) < 4.78 is 1.83. The molecule has 26 heavy (non-hydrogen) atoms. The molecule has 0 spiro atoms. The molecule has 0 radical (unpaired) electrons. The van der Waals surface area contributed by atoms with E-state index in [1.54, 1.807) is 31.1 Å². The van der Waals surface area contributed by atoms with Crippen molar-refractivity contribution in [2.75, 3.05) is 23.7 Å². The first-order valence-electron chi connectivity index (χ1n) is 8.02. The maximum Gasteiger partial charge on any atom is 0.229 e. The highest BCUT2D eigenvalue weighted by atomic mass is 16.3. The average Bonchev–Trinajstić information content (AvgIpc) is 3.30. The third-order valence-electron chi connectivity index (χ3n) is 4.58. The number of aromatic amines is 1. The van der Waals surface area contributed by atoms with Gasteiger partial charge in [0, 0.05) is 24.2 Å². The highest BCUT2D eigenvalue weighted by molar-refractivity contribution is 5.84. The molecule has 1 aliphatic heterocycles. The predicted molar refractivity (Wildman–Crippen MR) is 93.6 cm³/mol. The van der Waals surface area contributed by atoms with Crippen LogP contribution in [0.4, 0.5) is 11.8 Å². The number of aliphatic hydroxyl groups is 1. The van der Waals surface area contributed by atoms with Gasteiger partial charge >= 0.3 is 0 Å². The van der Waals surface area contributed by atoms with E-state index >= 15 is 0 Å². The van der Waals surface area contributed by atoms with Crippen LogP contribution in [-0.4, -0.2) is 52.9 Å². The maximum absolute atomic E-state index is 10.7. The Morgan fingerprint density at radius 3 is 2.73 bits per heavy atom. The highest BCUT2D eigenvalue weighted by Crippen LogP contribution is 2.34. The van der Waals surface area contributed by atoms with Crippen LogP contribution < -0.4 is 10.6 Å². The van der Waals surface area contributed by atoms with Gasteiger partial charge in [0.15, 0.2) is 17.0 Å². The van der Waals surface area contributed by atoms with E-state index in [2.05, 4.69) is 30.1 Å². The summed E-state index contributed by atoms with van der Waals surface area (Å²) in [7, 11) is 0. The summed E-state index contributed by atoms with van der Waals surface area (Å²) in [5, 5.41) is 17.3. The average molecular weight is 349 g/mol. The monoisotopic (exact) mass is 349 g/mol. The number of β-amino-alcohol motifs (C(OH)–C–C–N with tert-alkyl or cyclic N) is 1. The maximum atomic E-state index is 10.7. The van der Waals surface area contributed by atoms with E-state index in [1.165, 1.54) is 0 Å². The third-order valence-corrected chi connectivity index (χ3v) is 4.58. The zero-order valence-corrected chi connectivity index (χ0v) is 13.6. The smallest absolute Gasteiger partial charge is 0.229 e. The van der Waals surface area contributed by atoms with Gasteiger partial charge in [0.05, 0.1) is 25.0 Å². The number of hydrogen-bond donors (Lipinski definition) is 3. The Morgan fingerprint density at radius 2 is 2.00 bits per heavy atom. The number of nitrogens with one attached hydrogen (secondary N) is 1. The molecule has 10 heteroatoms. The van der Waals surface area contributed by atoms with Gasteiger partial charge in [-0.05, 0) is 12.1 Å². The lowest BCUT2D eigenvalue weighted by Gasteiger charge is -2.45. The Kier molecular flexibility index (Phi) is 2.97. The topological polar surface area (TPSA) is 135 Å². The van der Waals surface area contributed by atoms with Gasteiger partial charge in [-0.3, -0.25) is 14.6 Å². The summed E-state index contributed by atoms with van der Waals surface area (Å²) in [6, 6.07) is 3.72. The molecule has 0 saturated carbocycles. The lowest BCUT2D eigenvalue weighted by atomic mass is 9.88. The number of anilines is 2. The van der Waals surface area contributed by atoms with Crippen LogP contribution in [0.25, 0.3) is 16.9 Å². The lowest BCUT2D eigenvalue weighted by Crippen LogP contribution is -2.60. The van der Waals surface area contributed by atoms with Crippen molar-refractivity contribution in [3.8, 4) is 5.69 Å². The Morgan fingerprint density at radius 1 is 1.19 bits per heavy atom. The lowest BCUT2D eigenvalue weighted by molar-refractivity contribution is 0.00661. The molecule has 4 N–H and O–H groups in total. The molecule has 130 valence electrons. The van der Waals surface area contributed by atoms with Crippen LogP contribution in [0.15, 0.2) is 43.2 Å². The summed E-state index contributed by atoms with van der Waals surface area (Å²) in [5.74, 6) is 0.760. The first-order chi connectivity index (χ1) is 12.6. The van der Waals surface area contributed by atoms with Gasteiger partial charge < -0.3 is 15.7 Å². The zero-order valence-electron chi connectivity index (χ0n) is 13.6. The van der Waals surface area contributed by atoms with Crippen LogP contribution in [0, 0.1) is 0 Å². The second-order valence-electron chi connectivity index (χ2n) is 6.28. The summed E-state index contributed by atoms with van der Waals surface area (Å²) in [6.07, 6.45) is 8.37. The third kappa shape index (κ3) is 2.12. The van der Waals surface area contributed by atoms with Gasteiger partial charge in [0.2, 0.25) is 5.95 Å². The van der Waals surface area contributed by atoms with E-state index in [1.807, 2.05) is 21.6 Å². The predicted octanol–water partition coefficient (Wildman–Crippen LogP) is 0.224. The van der Waals surface area contributed by atoms with Crippen molar-refractivity contribution in [3.63, 3.8) is 0 Å². The number of fused-ring (bicyclic) bond motifs is 1. The van der Waals surface area contributed by atoms with Gasteiger partial charge in [-0.25, -0.2) is 4.98 Å². The van der Waals surface area contributed by atoms with E-state index in [0.717, 1.165) is 11.3 Å². The zero-order chi connectivity index (χ0) is 17.7. The molecule has 0 atom stereocenters. The van der Waals surface area contributed by atoms with Crippen molar-refractivity contribution in [1.29, 1.82) is 0 Å². The van der Waals surface area contributed by atoms with Crippen molar-refractivity contribution in [2.24, 2.45) is 0 Å². The fraction of sp³-hybridized carbons (Fsp3) is 0.188. The summed E-state index contributed by atoms with van der Waals surface area (Å²) >= 11 is 0. The molecule has 0 aliphatic carbocycles. The number of nitrogens with zero attached hydrogens (tertiary/aromatic N) is 7. The van der Waals surface area contributed by atoms with Gasteiger partial charge in [0.25, 0.3) is 0 Å². The number of pyridine rings is 1. The minimum absolute atomic E-state index is 0.302. The second-order valence-corrected chi connectivity index (χ2v) is 6.28. The fourth-order valence-electron chi connectivity index (χ4n) is 3.16. The number of H-pyrrole nitrogens is 1. The van der Waals surface area contributed by atoms with Gasteiger partial charge in [-0.1, -0.05) is 0 Å². The molecule has 1 saturated heterocycles. The summed E-state index contributed by atoms with van der Waals surface area (Å²) in [4.78, 5) is 19.2. The Hall–Kier alpha value is -3.53. The SMILES string of the molecule is Nc1nc(N2CC(O)(c3cn[nH]c3)C2)nc2c1ncn2-c1ccncc1. The molecule has 0 amide bonds. The Balaban J connectivity index is 1.52. The quantitative estimate of drug-likeness (QED) is 0.478. The Labute approximate surface area is 147 Å².